The molecule has 0 aliphatic carbocycles. The number of rotatable bonds is 15. The molecule has 3 atom stereocenters. The summed E-state index contributed by atoms with van der Waals surface area (Å²) >= 11 is 0. The van der Waals surface area contributed by atoms with Crippen molar-refractivity contribution in [3.8, 4) is 11.5 Å². The maximum Gasteiger partial charge on any atom is 0.418 e. The van der Waals surface area contributed by atoms with Crippen LogP contribution in [0.5, 0.6) is 11.5 Å². The molecule has 0 saturated carbocycles. The van der Waals surface area contributed by atoms with Crippen LogP contribution in [0.1, 0.15) is 23.6 Å². The fraction of sp³-hybridized carbons (Fsp3) is 0.275. The minimum atomic E-state index is -3.63. The van der Waals surface area contributed by atoms with Crippen molar-refractivity contribution in [2.24, 2.45) is 0 Å². The predicted octanol–water partition coefficient (Wildman–Crippen LogP) is 5.98. The lowest BCUT2D eigenvalue weighted by molar-refractivity contribution is -0.151. The molecule has 8 rings (SSSR count). The average molecular weight is 1020 g/mol. The van der Waals surface area contributed by atoms with Crippen LogP contribution in [0, 0.1) is 10.8 Å². The van der Waals surface area contributed by atoms with Gasteiger partial charge in [-0.15, -0.1) is 0 Å². The molecule has 21 nitrogen and oxygen atoms in total. The summed E-state index contributed by atoms with van der Waals surface area (Å²) in [5.74, 6) is 0.195. The van der Waals surface area contributed by atoms with Gasteiger partial charge in [0.25, 0.3) is 10.1 Å². The number of amides is 4. The van der Waals surface area contributed by atoms with Gasteiger partial charge in [-0.1, -0.05) is 66.7 Å². The number of nitrogens with zero attached hydrogens (tertiary/aromatic N) is 4. The molecule has 3 saturated heterocycles. The lowest BCUT2D eigenvalue weighted by Crippen LogP contribution is -2.53. The van der Waals surface area contributed by atoms with Gasteiger partial charge in [0, 0.05) is 55.2 Å². The van der Waals surface area contributed by atoms with Gasteiger partial charge in [-0.05, 0) is 85.3 Å². The van der Waals surface area contributed by atoms with Crippen molar-refractivity contribution in [3.05, 3.63) is 156 Å². The average Bonchev–Trinajstić information content (AvgIpc) is 3.96. The molecule has 4 amide bonds. The number of amidine groups is 2. The quantitative estimate of drug-likeness (QED) is 0.0309. The highest BCUT2D eigenvalue weighted by molar-refractivity contribution is 7.86. The molecule has 3 aliphatic heterocycles. The van der Waals surface area contributed by atoms with Crippen molar-refractivity contribution in [1.82, 2.24) is 20.4 Å². The van der Waals surface area contributed by atoms with E-state index in [0.717, 1.165) is 24.9 Å². The number of nitrogens with one attached hydrogen (secondary N) is 4. The standard InChI is InChI=1S/C32H35N5O6.C19H19N3O7S/c1-23(30(38)41-22-24-8-4-2-5-9-24)36-18-16-35(17-19-36)20-28-21-37(32(40)43-28)26-14-12-25(13-15-26)29(33)34-31(39)42-27-10-6-3-7-11-27;1-30(25,26)27-12-16-11-22(19(24)29-16)14-9-7-13(8-10-14)17(20)21-18(23)28-15-5-3-2-4-6-15/h2-15,23,28H,16-22H2,1H3,(H2,33,34,39);2-10,16H,11-12H2,1H3,(H2,20,21,23). The van der Waals surface area contributed by atoms with E-state index in [0.29, 0.717) is 60.2 Å². The molecule has 382 valence electrons. The molecule has 3 heterocycles. The lowest BCUT2D eigenvalue weighted by atomic mass is 10.1. The fourth-order valence-corrected chi connectivity index (χ4v) is 8.07. The molecule has 5 aromatic carbocycles. The Morgan fingerprint density at radius 3 is 1.55 bits per heavy atom. The number of para-hydroxylation sites is 2. The highest BCUT2D eigenvalue weighted by Gasteiger charge is 2.36. The summed E-state index contributed by atoms with van der Waals surface area (Å²) in [5, 5.41) is 20.9. The Kier molecular flexibility index (Phi) is 17.9. The number of piperazine rings is 1. The van der Waals surface area contributed by atoms with E-state index in [1.54, 1.807) is 108 Å². The van der Waals surface area contributed by atoms with Gasteiger partial charge in [-0.3, -0.25) is 50.0 Å². The molecule has 3 aliphatic rings. The van der Waals surface area contributed by atoms with Crippen LogP contribution in [0.3, 0.4) is 0 Å². The zero-order valence-corrected chi connectivity index (χ0v) is 40.7. The minimum Gasteiger partial charge on any atom is -0.460 e. The van der Waals surface area contributed by atoms with Crippen molar-refractivity contribution >= 4 is 63.5 Å². The van der Waals surface area contributed by atoms with E-state index in [-0.39, 0.29) is 49.5 Å². The first kappa shape index (κ1) is 52.6. The van der Waals surface area contributed by atoms with Crippen molar-refractivity contribution in [1.29, 1.82) is 10.8 Å². The first-order chi connectivity index (χ1) is 35.1. The highest BCUT2D eigenvalue weighted by atomic mass is 32.2. The Morgan fingerprint density at radius 2 is 1.08 bits per heavy atom. The molecule has 4 N–H and O–H groups in total. The Balaban J connectivity index is 0.000000228. The SMILES string of the molecule is CC(C(=O)OCc1ccccc1)N1CCN(CC2CN(c3ccc(C(=N)NC(=O)Oc4ccccc4)cc3)C(=O)O2)CC1.CS(=O)(=O)OCC1CN(c2ccc(C(=N)NC(=O)Oc3ccccc3)cc2)C(=O)O1. The number of esters is 1. The number of carbonyl (C=O) groups is 5. The van der Waals surface area contributed by atoms with E-state index in [4.69, 9.17) is 34.5 Å². The van der Waals surface area contributed by atoms with E-state index < -0.39 is 40.6 Å². The van der Waals surface area contributed by atoms with E-state index >= 15 is 0 Å². The number of hydrogen-bond donors (Lipinski definition) is 4. The third-order valence-corrected chi connectivity index (χ3v) is 12.1. The number of hydrogen-bond acceptors (Lipinski definition) is 17. The maximum absolute atomic E-state index is 12.7. The molecule has 22 heteroatoms. The molecule has 0 radical (unpaired) electrons. The first-order valence-electron chi connectivity index (χ1n) is 23.0. The van der Waals surface area contributed by atoms with Crippen molar-refractivity contribution < 1.29 is 60.3 Å². The number of benzene rings is 5. The predicted molar refractivity (Wildman–Crippen MR) is 267 cm³/mol. The third-order valence-electron chi connectivity index (χ3n) is 11.5. The van der Waals surface area contributed by atoms with E-state index in [1.165, 1.54) is 4.90 Å². The molecule has 0 aromatic heterocycles. The Bertz CT molecular complexity index is 2840. The second kappa shape index (κ2) is 24.8. The number of carbonyl (C=O) groups excluding carboxylic acids is 5. The molecular weight excluding hydrogens is 965 g/mol. The van der Waals surface area contributed by atoms with E-state index in [1.807, 2.05) is 43.3 Å². The summed E-state index contributed by atoms with van der Waals surface area (Å²) < 4.78 is 53.3. The number of anilines is 2. The van der Waals surface area contributed by atoms with Crippen molar-refractivity contribution in [3.63, 3.8) is 0 Å². The second-order valence-electron chi connectivity index (χ2n) is 16.8. The summed E-state index contributed by atoms with van der Waals surface area (Å²) in [7, 11) is -3.63. The summed E-state index contributed by atoms with van der Waals surface area (Å²) in [6.45, 7) is 5.92. The second-order valence-corrected chi connectivity index (χ2v) is 18.5. The van der Waals surface area contributed by atoms with Gasteiger partial charge in [0.05, 0.1) is 19.3 Å². The van der Waals surface area contributed by atoms with Crippen LogP contribution in [0.25, 0.3) is 0 Å². The van der Waals surface area contributed by atoms with Gasteiger partial charge in [-0.2, -0.15) is 8.42 Å². The normalized spacial score (nSPS) is 17.2. The third kappa shape index (κ3) is 15.7. The van der Waals surface area contributed by atoms with Crippen LogP contribution >= 0.6 is 0 Å². The van der Waals surface area contributed by atoms with Crippen molar-refractivity contribution in [2.45, 2.75) is 31.8 Å². The minimum absolute atomic E-state index is 0.118. The number of cyclic esters (lactones) is 2. The van der Waals surface area contributed by atoms with Gasteiger partial charge < -0.3 is 23.7 Å². The molecule has 0 bridgehead atoms. The molecule has 0 spiro atoms. The van der Waals surface area contributed by atoms with Gasteiger partial charge in [0.1, 0.15) is 54.6 Å². The van der Waals surface area contributed by atoms with Crippen molar-refractivity contribution in [2.75, 3.05) is 68.5 Å². The summed E-state index contributed by atoms with van der Waals surface area (Å²) in [4.78, 5) is 68.5. The van der Waals surface area contributed by atoms with E-state index in [2.05, 4.69) is 24.6 Å². The molecule has 73 heavy (non-hydrogen) atoms. The molecule has 3 fully saturated rings. The summed E-state index contributed by atoms with van der Waals surface area (Å²) in [5.41, 5.74) is 2.96. The smallest absolute Gasteiger partial charge is 0.418 e. The zero-order valence-electron chi connectivity index (χ0n) is 39.9. The number of ether oxygens (including phenoxy) is 5. The molecule has 5 aromatic rings. The Hall–Kier alpha value is -8.18. The fourth-order valence-electron chi connectivity index (χ4n) is 7.67. The largest absolute Gasteiger partial charge is 0.460 e. The monoisotopic (exact) mass is 1020 g/mol. The van der Waals surface area contributed by atoms with Crippen LogP contribution in [-0.2, 0) is 39.9 Å². The van der Waals surface area contributed by atoms with Crippen LogP contribution in [0.15, 0.2) is 140 Å². The van der Waals surface area contributed by atoms with Gasteiger partial charge in [0.2, 0.25) is 0 Å². The van der Waals surface area contributed by atoms with E-state index in [9.17, 15) is 32.4 Å². The topological polar surface area (TPSA) is 260 Å². The first-order valence-corrected chi connectivity index (χ1v) is 24.8. The molecular formula is C51H54N8O13S. The lowest BCUT2D eigenvalue weighted by Gasteiger charge is -2.37. The van der Waals surface area contributed by atoms with Crippen LogP contribution in [-0.4, -0.2) is 137 Å². The summed E-state index contributed by atoms with van der Waals surface area (Å²) in [6, 6.07) is 39.3. The molecule has 3 unspecified atom stereocenters. The zero-order chi connectivity index (χ0) is 51.9. The summed E-state index contributed by atoms with van der Waals surface area (Å²) in [6.07, 6.45) is -2.72. The van der Waals surface area contributed by atoms with Crippen LogP contribution < -0.4 is 29.9 Å². The van der Waals surface area contributed by atoms with Gasteiger partial charge in [-0.25, -0.2) is 19.2 Å². The van der Waals surface area contributed by atoms with Crippen LogP contribution in [0.4, 0.5) is 30.6 Å². The van der Waals surface area contributed by atoms with Crippen LogP contribution in [0.2, 0.25) is 0 Å². The van der Waals surface area contributed by atoms with Gasteiger partial charge in [0.15, 0.2) is 0 Å². The van der Waals surface area contributed by atoms with Gasteiger partial charge >= 0.3 is 30.3 Å². The Labute approximate surface area is 421 Å². The highest BCUT2D eigenvalue weighted by Crippen LogP contribution is 2.25. The maximum atomic E-state index is 12.7. The Morgan fingerprint density at radius 1 is 0.644 bits per heavy atom.